The van der Waals surface area contributed by atoms with Crippen molar-refractivity contribution < 1.29 is 4.79 Å². The molecule has 1 atom stereocenters. The van der Waals surface area contributed by atoms with Gasteiger partial charge >= 0.3 is 0 Å². The molecule has 31 heavy (non-hydrogen) atoms. The smallest absolute Gasteiger partial charge is 0.220 e. The van der Waals surface area contributed by atoms with Crippen LogP contribution in [0.2, 0.25) is 0 Å². The molecule has 1 aliphatic rings. The molecule has 3 aromatic heterocycles. The fourth-order valence-electron chi connectivity index (χ4n) is 4.47. The Morgan fingerprint density at radius 2 is 2.13 bits per heavy atom. The van der Waals surface area contributed by atoms with Gasteiger partial charge in [-0.05, 0) is 71.0 Å². The molecule has 0 spiro atoms. The second kappa shape index (κ2) is 8.71. The van der Waals surface area contributed by atoms with Crippen molar-refractivity contribution in [1.29, 1.82) is 0 Å². The van der Waals surface area contributed by atoms with Gasteiger partial charge in [0.15, 0.2) is 5.65 Å². The highest BCUT2D eigenvalue weighted by Gasteiger charge is 2.27. The minimum absolute atomic E-state index is 0.0735. The van der Waals surface area contributed by atoms with Gasteiger partial charge in [-0.15, -0.1) is 11.3 Å². The quantitative estimate of drug-likeness (QED) is 0.624. The van der Waals surface area contributed by atoms with Crippen LogP contribution in [-0.2, 0) is 17.8 Å². The number of hydrogen-bond acceptors (Lipinski definition) is 5. The molecule has 1 fully saturated rings. The van der Waals surface area contributed by atoms with Gasteiger partial charge in [0.1, 0.15) is 0 Å². The molecule has 1 N–H and O–H groups in total. The van der Waals surface area contributed by atoms with Gasteiger partial charge in [0.05, 0.1) is 5.69 Å². The van der Waals surface area contributed by atoms with Crippen LogP contribution in [0.1, 0.15) is 67.1 Å². The van der Waals surface area contributed by atoms with E-state index in [1.165, 1.54) is 4.88 Å². The van der Waals surface area contributed by atoms with Crippen LogP contribution in [0.3, 0.4) is 0 Å². The Hall–Kier alpha value is -2.25. The van der Waals surface area contributed by atoms with Crippen LogP contribution >= 0.6 is 11.3 Å². The van der Waals surface area contributed by atoms with Gasteiger partial charge in [-0.3, -0.25) is 9.69 Å². The zero-order valence-corrected chi connectivity index (χ0v) is 20.1. The Balaban J connectivity index is 1.48. The topological polar surface area (TPSA) is 62.5 Å². The summed E-state index contributed by atoms with van der Waals surface area (Å²) in [5.41, 5.74) is 5.03. The molecule has 0 unspecified atom stereocenters. The number of nitrogens with zero attached hydrogens (tertiary/aromatic N) is 4. The monoisotopic (exact) mass is 439 g/mol. The molecule has 0 bridgehead atoms. The van der Waals surface area contributed by atoms with Crippen LogP contribution in [0.4, 0.5) is 0 Å². The van der Waals surface area contributed by atoms with Crippen LogP contribution < -0.4 is 5.32 Å². The van der Waals surface area contributed by atoms with Gasteiger partial charge in [-0.1, -0.05) is 6.07 Å². The second-order valence-electron chi connectivity index (χ2n) is 9.70. The molecular formula is C24H33N5OS. The molecule has 166 valence electrons. The van der Waals surface area contributed by atoms with Crippen molar-refractivity contribution in [1.82, 2.24) is 24.8 Å². The van der Waals surface area contributed by atoms with E-state index >= 15 is 0 Å². The molecule has 0 radical (unpaired) electrons. The number of thiophene rings is 1. The molecule has 4 heterocycles. The highest BCUT2D eigenvalue weighted by molar-refractivity contribution is 7.09. The summed E-state index contributed by atoms with van der Waals surface area (Å²) in [5, 5.41) is 10.1. The molecule has 1 saturated heterocycles. The first kappa shape index (κ1) is 22.0. The van der Waals surface area contributed by atoms with Crippen LogP contribution in [0, 0.1) is 13.8 Å². The average molecular weight is 440 g/mol. The van der Waals surface area contributed by atoms with E-state index in [4.69, 9.17) is 10.1 Å². The largest absolute Gasteiger partial charge is 0.351 e. The van der Waals surface area contributed by atoms with Crippen molar-refractivity contribution in [2.45, 2.75) is 71.9 Å². The van der Waals surface area contributed by atoms with Gasteiger partial charge in [0, 0.05) is 53.3 Å². The van der Waals surface area contributed by atoms with Crippen molar-refractivity contribution >= 4 is 22.9 Å². The summed E-state index contributed by atoms with van der Waals surface area (Å²) in [6.07, 6.45) is 2.27. The summed E-state index contributed by atoms with van der Waals surface area (Å²) in [5.74, 6) is 0.520. The van der Waals surface area contributed by atoms with E-state index in [0.717, 1.165) is 54.3 Å². The third-order valence-electron chi connectivity index (χ3n) is 5.95. The Labute approximate surface area is 188 Å². The number of fused-ring (bicyclic) bond motifs is 1. The molecule has 0 aliphatic carbocycles. The number of amides is 1. The molecule has 3 aromatic rings. The van der Waals surface area contributed by atoms with E-state index in [1.54, 1.807) is 0 Å². The number of rotatable bonds is 6. The van der Waals surface area contributed by atoms with Gasteiger partial charge in [0.25, 0.3) is 0 Å². The Bertz CT molecular complexity index is 1060. The fraction of sp³-hybridized carbons (Fsp3) is 0.542. The summed E-state index contributed by atoms with van der Waals surface area (Å²) in [6, 6.07) is 6.48. The minimum atomic E-state index is -0.209. The zero-order valence-electron chi connectivity index (χ0n) is 19.2. The lowest BCUT2D eigenvalue weighted by molar-refractivity contribution is -0.122. The van der Waals surface area contributed by atoms with Crippen molar-refractivity contribution in [3.8, 4) is 0 Å². The number of aromatic nitrogens is 3. The Kier molecular flexibility index (Phi) is 6.17. The molecule has 1 amide bonds. The summed E-state index contributed by atoms with van der Waals surface area (Å²) >= 11 is 1.83. The lowest BCUT2D eigenvalue weighted by atomic mass is 10.0. The first-order chi connectivity index (χ1) is 14.7. The maximum absolute atomic E-state index is 12.3. The van der Waals surface area contributed by atoms with E-state index in [9.17, 15) is 4.79 Å². The normalized spacial score (nSPS) is 17.5. The summed E-state index contributed by atoms with van der Waals surface area (Å²) in [7, 11) is 0. The lowest BCUT2D eigenvalue weighted by Gasteiger charge is -2.20. The standard InChI is InChI=1S/C24H33N5OS/c1-16-20(8-9-23(30)26-24(3,4)5)17(2)29-22(25-16)13-21(27-29)18-10-11-28(14-18)15-19-7-6-12-31-19/h6-7,12-13,18H,8-11,14-15H2,1-5H3,(H,26,30)/t18-/m1/s1. The number of carbonyl (C=O) groups excluding carboxylic acids is 1. The number of likely N-dealkylation sites (tertiary alicyclic amines) is 1. The van der Waals surface area contributed by atoms with Crippen molar-refractivity contribution in [3.05, 3.63) is 51.1 Å². The third-order valence-corrected chi connectivity index (χ3v) is 6.81. The van der Waals surface area contributed by atoms with Gasteiger partial charge in [-0.2, -0.15) is 5.10 Å². The van der Waals surface area contributed by atoms with E-state index in [2.05, 4.69) is 40.7 Å². The predicted octanol–water partition coefficient (Wildman–Crippen LogP) is 4.24. The first-order valence-electron chi connectivity index (χ1n) is 11.1. The SMILES string of the molecule is Cc1nc2cc([C@@H]3CCN(Cc4cccs4)C3)nn2c(C)c1CCC(=O)NC(C)(C)C. The fourth-order valence-corrected chi connectivity index (χ4v) is 5.21. The van der Waals surface area contributed by atoms with Crippen LogP contribution in [0.25, 0.3) is 5.65 Å². The maximum Gasteiger partial charge on any atom is 0.220 e. The Morgan fingerprint density at radius 3 is 2.84 bits per heavy atom. The number of carbonyl (C=O) groups is 1. The Morgan fingerprint density at radius 1 is 1.32 bits per heavy atom. The van der Waals surface area contributed by atoms with Gasteiger partial charge in [0.2, 0.25) is 5.91 Å². The average Bonchev–Trinajstić information content (AvgIpc) is 3.41. The minimum Gasteiger partial charge on any atom is -0.351 e. The van der Waals surface area contributed by atoms with E-state index < -0.39 is 0 Å². The van der Waals surface area contributed by atoms with Gasteiger partial charge in [-0.25, -0.2) is 9.50 Å². The summed E-state index contributed by atoms with van der Waals surface area (Å²) in [4.78, 5) is 21.0. The van der Waals surface area contributed by atoms with Crippen molar-refractivity contribution in [2.75, 3.05) is 13.1 Å². The highest BCUT2D eigenvalue weighted by atomic mass is 32.1. The number of aryl methyl sites for hydroxylation is 2. The maximum atomic E-state index is 12.3. The molecule has 0 saturated carbocycles. The van der Waals surface area contributed by atoms with E-state index in [-0.39, 0.29) is 11.4 Å². The summed E-state index contributed by atoms with van der Waals surface area (Å²) in [6.45, 7) is 13.3. The highest BCUT2D eigenvalue weighted by Crippen LogP contribution is 2.29. The molecule has 0 aromatic carbocycles. The van der Waals surface area contributed by atoms with Gasteiger partial charge < -0.3 is 5.32 Å². The predicted molar refractivity (Wildman–Crippen MR) is 126 cm³/mol. The molecule has 6 nitrogen and oxygen atoms in total. The zero-order chi connectivity index (χ0) is 22.2. The van der Waals surface area contributed by atoms with Crippen molar-refractivity contribution in [2.24, 2.45) is 0 Å². The third kappa shape index (κ3) is 5.15. The number of nitrogens with one attached hydrogen (secondary N) is 1. The molecule has 4 rings (SSSR count). The first-order valence-corrected chi connectivity index (χ1v) is 12.0. The van der Waals surface area contributed by atoms with Crippen LogP contribution in [0.5, 0.6) is 0 Å². The molecule has 7 heteroatoms. The van der Waals surface area contributed by atoms with E-state index in [0.29, 0.717) is 18.8 Å². The second-order valence-corrected chi connectivity index (χ2v) is 10.7. The van der Waals surface area contributed by atoms with E-state index in [1.807, 2.05) is 43.5 Å². The van der Waals surface area contributed by atoms with Crippen LogP contribution in [0.15, 0.2) is 23.6 Å². The van der Waals surface area contributed by atoms with Crippen LogP contribution in [-0.4, -0.2) is 44.0 Å². The number of hydrogen-bond donors (Lipinski definition) is 1. The van der Waals surface area contributed by atoms with Crippen molar-refractivity contribution in [3.63, 3.8) is 0 Å². The lowest BCUT2D eigenvalue weighted by Crippen LogP contribution is -2.40. The summed E-state index contributed by atoms with van der Waals surface area (Å²) < 4.78 is 1.97. The molecular weight excluding hydrogens is 406 g/mol. The molecule has 1 aliphatic heterocycles.